The summed E-state index contributed by atoms with van der Waals surface area (Å²) in [7, 11) is 4.11. The molecule has 0 radical (unpaired) electrons. The van der Waals surface area contributed by atoms with E-state index in [0.29, 0.717) is 4.48 Å². The lowest BCUT2D eigenvalue weighted by Crippen LogP contribution is -2.51. The second-order valence-electron chi connectivity index (χ2n) is 9.30. The minimum absolute atomic E-state index is 0.0530. The molecule has 4 heteroatoms. The first-order valence-electron chi connectivity index (χ1n) is 12.2. The molecule has 0 amide bonds. The van der Waals surface area contributed by atoms with Gasteiger partial charge < -0.3 is 14.0 Å². The van der Waals surface area contributed by atoms with Crippen molar-refractivity contribution in [1.29, 1.82) is 0 Å². The van der Waals surface area contributed by atoms with Crippen molar-refractivity contribution in [2.45, 2.75) is 77.8 Å². The molecule has 2 aromatic carbocycles. The number of benzene rings is 2. The molecule has 176 valence electrons. The van der Waals surface area contributed by atoms with Crippen molar-refractivity contribution in [3.05, 3.63) is 65.7 Å². The molecule has 32 heavy (non-hydrogen) atoms. The Hall–Kier alpha value is -2.33. The van der Waals surface area contributed by atoms with E-state index in [9.17, 15) is 4.79 Å². The molecule has 2 rings (SSSR count). The van der Waals surface area contributed by atoms with Gasteiger partial charge in [-0.2, -0.15) is 0 Å². The van der Waals surface area contributed by atoms with Gasteiger partial charge in [0.05, 0.1) is 14.1 Å². The Morgan fingerprint density at radius 1 is 0.875 bits per heavy atom. The van der Waals surface area contributed by atoms with Crippen molar-refractivity contribution in [1.82, 2.24) is 0 Å². The lowest BCUT2D eigenvalue weighted by atomic mass is 10.0. The van der Waals surface area contributed by atoms with E-state index >= 15 is 0 Å². The van der Waals surface area contributed by atoms with E-state index in [1.54, 1.807) is 0 Å². The van der Waals surface area contributed by atoms with Gasteiger partial charge in [0.1, 0.15) is 12.3 Å². The zero-order valence-electron chi connectivity index (χ0n) is 20.5. The van der Waals surface area contributed by atoms with Gasteiger partial charge in [0.15, 0.2) is 6.04 Å². The minimum atomic E-state index is -0.290. The number of unbranched alkanes of at least 4 members (excludes halogenated alkanes) is 6. The molecule has 1 atom stereocenters. The van der Waals surface area contributed by atoms with Crippen LogP contribution < -0.4 is 4.74 Å². The van der Waals surface area contributed by atoms with Gasteiger partial charge in [-0.25, -0.2) is 4.79 Å². The van der Waals surface area contributed by atoms with Gasteiger partial charge in [-0.3, -0.25) is 0 Å². The summed E-state index contributed by atoms with van der Waals surface area (Å²) in [5, 5.41) is 0. The van der Waals surface area contributed by atoms with Crippen LogP contribution in [-0.4, -0.2) is 37.4 Å². The summed E-state index contributed by atoms with van der Waals surface area (Å²) in [6, 6.07) is 18.0. The molecule has 0 aliphatic rings. The lowest BCUT2D eigenvalue weighted by Gasteiger charge is -2.34. The van der Waals surface area contributed by atoms with Gasteiger partial charge in [0.2, 0.25) is 6.79 Å². The highest BCUT2D eigenvalue weighted by Gasteiger charge is 2.32. The van der Waals surface area contributed by atoms with Gasteiger partial charge >= 0.3 is 5.97 Å². The standard InChI is InChI=1S/C28H42NO3/c1-5-6-7-8-9-10-14-19-26-20-15-16-21-27(26)31-23-32-28(30)24(2)29(3,4)22-25-17-12-11-13-18-25/h11-13,15-18,20-21,24H,5-10,14,19,22-23H2,1-4H3/q+1. The number of aryl methyl sites for hydroxylation is 1. The first kappa shape index (κ1) is 25.9. The maximum absolute atomic E-state index is 12.7. The van der Waals surface area contributed by atoms with Crippen LogP contribution in [0.5, 0.6) is 5.75 Å². The molecule has 0 aromatic heterocycles. The summed E-state index contributed by atoms with van der Waals surface area (Å²) in [5.41, 5.74) is 2.39. The molecule has 0 saturated carbocycles. The van der Waals surface area contributed by atoms with Crippen LogP contribution in [0.1, 0.15) is 69.9 Å². The average molecular weight is 441 g/mol. The molecule has 0 aliphatic carbocycles. The fourth-order valence-corrected chi connectivity index (χ4v) is 3.87. The van der Waals surface area contributed by atoms with Gasteiger partial charge in [-0.15, -0.1) is 0 Å². The van der Waals surface area contributed by atoms with Crippen LogP contribution in [0.15, 0.2) is 54.6 Å². The van der Waals surface area contributed by atoms with Crippen molar-refractivity contribution >= 4 is 5.97 Å². The van der Waals surface area contributed by atoms with Crippen LogP contribution in [0.4, 0.5) is 0 Å². The first-order valence-corrected chi connectivity index (χ1v) is 12.2. The van der Waals surface area contributed by atoms with Gasteiger partial charge in [-0.05, 0) is 31.4 Å². The number of ether oxygens (including phenoxy) is 2. The Balaban J connectivity index is 1.77. The van der Waals surface area contributed by atoms with Crippen LogP contribution in [0, 0.1) is 0 Å². The van der Waals surface area contributed by atoms with Gasteiger partial charge in [-0.1, -0.05) is 94.0 Å². The van der Waals surface area contributed by atoms with E-state index in [2.05, 4.69) is 39.2 Å². The number of nitrogens with zero attached hydrogens (tertiary/aromatic N) is 1. The zero-order valence-corrected chi connectivity index (χ0v) is 20.5. The summed E-state index contributed by atoms with van der Waals surface area (Å²) in [5.74, 6) is 0.576. The molecule has 0 aliphatic heterocycles. The molecule has 4 nitrogen and oxygen atoms in total. The van der Waals surface area contributed by atoms with Crippen molar-refractivity contribution in [2.75, 3.05) is 20.9 Å². The fraction of sp³-hybridized carbons (Fsp3) is 0.536. The van der Waals surface area contributed by atoms with Crippen LogP contribution in [0.25, 0.3) is 0 Å². The van der Waals surface area contributed by atoms with E-state index in [-0.39, 0.29) is 18.8 Å². The number of likely N-dealkylation sites (N-methyl/N-ethyl adjacent to an activating group) is 1. The maximum Gasteiger partial charge on any atom is 0.367 e. The summed E-state index contributed by atoms with van der Waals surface area (Å²) in [4.78, 5) is 12.7. The van der Waals surface area contributed by atoms with E-state index < -0.39 is 0 Å². The third-order valence-corrected chi connectivity index (χ3v) is 6.26. The van der Waals surface area contributed by atoms with E-state index in [0.717, 1.165) is 25.1 Å². The Kier molecular flexibility index (Phi) is 11.3. The van der Waals surface area contributed by atoms with Crippen LogP contribution in [0.2, 0.25) is 0 Å². The number of para-hydroxylation sites is 1. The van der Waals surface area contributed by atoms with E-state index in [1.807, 2.05) is 43.3 Å². The third-order valence-electron chi connectivity index (χ3n) is 6.26. The molecular formula is C28H42NO3+. The van der Waals surface area contributed by atoms with E-state index in [1.165, 1.54) is 49.7 Å². The molecular weight excluding hydrogens is 398 g/mol. The molecule has 1 unspecified atom stereocenters. The van der Waals surface area contributed by atoms with Crippen molar-refractivity contribution < 1.29 is 18.8 Å². The summed E-state index contributed by atoms with van der Waals surface area (Å²) >= 11 is 0. The number of hydrogen-bond donors (Lipinski definition) is 0. The monoisotopic (exact) mass is 440 g/mol. The highest BCUT2D eigenvalue weighted by atomic mass is 16.7. The van der Waals surface area contributed by atoms with Gasteiger partial charge in [0.25, 0.3) is 0 Å². The Morgan fingerprint density at radius 3 is 2.22 bits per heavy atom. The Morgan fingerprint density at radius 2 is 1.50 bits per heavy atom. The molecule has 0 spiro atoms. The molecule has 0 saturated heterocycles. The predicted molar refractivity (Wildman–Crippen MR) is 131 cm³/mol. The number of rotatable bonds is 15. The van der Waals surface area contributed by atoms with E-state index in [4.69, 9.17) is 9.47 Å². The second kappa shape index (κ2) is 13.9. The molecule has 2 aromatic rings. The second-order valence-corrected chi connectivity index (χ2v) is 9.30. The Bertz CT molecular complexity index is 788. The maximum atomic E-state index is 12.7. The minimum Gasteiger partial charge on any atom is -0.457 e. The van der Waals surface area contributed by atoms with Crippen LogP contribution >= 0.6 is 0 Å². The molecule has 0 N–H and O–H groups in total. The predicted octanol–water partition coefficient (Wildman–Crippen LogP) is 6.52. The number of hydrogen-bond acceptors (Lipinski definition) is 3. The summed E-state index contributed by atoms with van der Waals surface area (Å²) in [6.07, 6.45) is 10.0. The third kappa shape index (κ3) is 9.04. The number of carbonyl (C=O) groups is 1. The lowest BCUT2D eigenvalue weighted by molar-refractivity contribution is -0.917. The topological polar surface area (TPSA) is 35.5 Å². The van der Waals surface area contributed by atoms with Crippen molar-refractivity contribution in [3.63, 3.8) is 0 Å². The molecule has 0 fully saturated rings. The number of esters is 1. The quantitative estimate of drug-likeness (QED) is 0.137. The fourth-order valence-electron chi connectivity index (χ4n) is 3.87. The smallest absolute Gasteiger partial charge is 0.367 e. The normalized spacial score (nSPS) is 12.4. The SMILES string of the molecule is CCCCCCCCCc1ccccc1OCOC(=O)C(C)[N+](C)(C)Cc1ccccc1. The van der Waals surface area contributed by atoms with Gasteiger partial charge in [0, 0.05) is 5.56 Å². The zero-order chi connectivity index (χ0) is 23.2. The van der Waals surface area contributed by atoms with Crippen molar-refractivity contribution in [2.24, 2.45) is 0 Å². The first-order chi connectivity index (χ1) is 15.4. The summed E-state index contributed by atoms with van der Waals surface area (Å²) < 4.78 is 11.9. The van der Waals surface area contributed by atoms with Crippen molar-refractivity contribution in [3.8, 4) is 5.75 Å². The highest BCUT2D eigenvalue weighted by molar-refractivity contribution is 5.74. The Labute approximate surface area is 195 Å². The summed E-state index contributed by atoms with van der Waals surface area (Å²) in [6.45, 7) is 4.88. The highest BCUT2D eigenvalue weighted by Crippen LogP contribution is 2.21. The molecule has 0 bridgehead atoms. The van der Waals surface area contributed by atoms with Crippen LogP contribution in [0.3, 0.4) is 0 Å². The number of quaternary nitrogens is 1. The van der Waals surface area contributed by atoms with Crippen LogP contribution in [-0.2, 0) is 22.5 Å². The average Bonchev–Trinajstić information content (AvgIpc) is 2.79. The molecule has 0 heterocycles. The number of carbonyl (C=O) groups excluding carboxylic acids is 1. The largest absolute Gasteiger partial charge is 0.457 e.